The number of aliphatic carboxylic acids is 1. The first-order valence-corrected chi connectivity index (χ1v) is 6.79. The van der Waals surface area contributed by atoms with Crippen LogP contribution in [0, 0.1) is 0 Å². The van der Waals surface area contributed by atoms with Crippen molar-refractivity contribution in [3.8, 4) is 0 Å². The topological polar surface area (TPSA) is 95.5 Å². The largest absolute Gasteiger partial charge is 0.480 e. The third-order valence-corrected chi connectivity index (χ3v) is 3.03. The van der Waals surface area contributed by atoms with Crippen molar-refractivity contribution in [2.75, 3.05) is 6.54 Å². The van der Waals surface area contributed by atoms with Crippen molar-refractivity contribution >= 4 is 33.7 Å². The molecule has 1 rings (SSSR count). The van der Waals surface area contributed by atoms with Crippen molar-refractivity contribution in [1.29, 1.82) is 0 Å². The molecule has 0 bridgehead atoms. The number of rotatable bonds is 6. The molecule has 0 fully saturated rings. The van der Waals surface area contributed by atoms with Crippen LogP contribution in [0.5, 0.6) is 0 Å². The molecule has 0 heterocycles. The minimum atomic E-state index is -1.10. The highest BCUT2D eigenvalue weighted by molar-refractivity contribution is 9.10. The Morgan fingerprint density at radius 3 is 2.60 bits per heavy atom. The van der Waals surface area contributed by atoms with E-state index in [1.54, 1.807) is 31.2 Å². The number of benzene rings is 1. The van der Waals surface area contributed by atoms with Crippen molar-refractivity contribution in [2.24, 2.45) is 0 Å². The van der Waals surface area contributed by atoms with Gasteiger partial charge in [-0.3, -0.25) is 9.59 Å². The summed E-state index contributed by atoms with van der Waals surface area (Å²) < 4.78 is 0.756. The Balaban J connectivity index is 2.49. The first-order chi connectivity index (χ1) is 9.43. The van der Waals surface area contributed by atoms with Crippen LogP contribution >= 0.6 is 15.9 Å². The van der Waals surface area contributed by atoms with E-state index in [0.29, 0.717) is 5.56 Å². The van der Waals surface area contributed by atoms with Crippen LogP contribution in [0.1, 0.15) is 23.7 Å². The summed E-state index contributed by atoms with van der Waals surface area (Å²) in [6.07, 6.45) is 0.278. The normalized spacial score (nSPS) is 11.5. The summed E-state index contributed by atoms with van der Waals surface area (Å²) in [5, 5.41) is 13.6. The molecule has 0 aliphatic carbocycles. The van der Waals surface area contributed by atoms with Gasteiger partial charge in [-0.25, -0.2) is 4.79 Å². The van der Waals surface area contributed by atoms with Crippen LogP contribution in [0.25, 0.3) is 0 Å². The Labute approximate surface area is 124 Å². The van der Waals surface area contributed by atoms with E-state index in [-0.39, 0.29) is 13.0 Å². The van der Waals surface area contributed by atoms with Gasteiger partial charge in [-0.1, -0.05) is 28.9 Å². The Hall–Kier alpha value is -1.89. The molecule has 3 N–H and O–H groups in total. The predicted molar refractivity (Wildman–Crippen MR) is 76.3 cm³/mol. The number of halogens is 1. The number of nitrogens with one attached hydrogen (secondary N) is 2. The van der Waals surface area contributed by atoms with Crippen molar-refractivity contribution in [3.63, 3.8) is 0 Å². The molecule has 0 saturated heterocycles. The van der Waals surface area contributed by atoms with E-state index in [0.717, 1.165) is 4.47 Å². The van der Waals surface area contributed by atoms with E-state index in [1.807, 2.05) is 0 Å². The molecule has 0 saturated carbocycles. The van der Waals surface area contributed by atoms with Crippen LogP contribution in [0.3, 0.4) is 0 Å². The molecule has 2 amide bonds. The maximum atomic E-state index is 11.8. The maximum Gasteiger partial charge on any atom is 0.326 e. The average Bonchev–Trinajstić information content (AvgIpc) is 2.41. The van der Waals surface area contributed by atoms with Crippen molar-refractivity contribution in [3.05, 3.63) is 34.3 Å². The Morgan fingerprint density at radius 2 is 2.05 bits per heavy atom. The fourth-order valence-corrected chi connectivity index (χ4v) is 1.88. The number of carbonyl (C=O) groups is 3. The lowest BCUT2D eigenvalue weighted by Crippen LogP contribution is -2.45. The minimum Gasteiger partial charge on any atom is -0.480 e. The highest BCUT2D eigenvalue weighted by atomic mass is 79.9. The standard InChI is InChI=1S/C13H15BrN2O4/c1-2-10(13(19)20)16-11(17)7-15-12(18)8-4-3-5-9(14)6-8/h3-6,10H,2,7H2,1H3,(H,15,18)(H,16,17)(H,19,20)/t10-/m0/s1. The van der Waals surface area contributed by atoms with Gasteiger partial charge < -0.3 is 15.7 Å². The van der Waals surface area contributed by atoms with Crippen LogP contribution in [0.15, 0.2) is 28.7 Å². The molecule has 1 aromatic carbocycles. The lowest BCUT2D eigenvalue weighted by molar-refractivity contribution is -0.141. The number of amides is 2. The number of hydrogen-bond donors (Lipinski definition) is 3. The van der Waals surface area contributed by atoms with Crippen LogP contribution in [0.4, 0.5) is 0 Å². The molecule has 1 atom stereocenters. The third kappa shape index (κ3) is 5.00. The highest BCUT2D eigenvalue weighted by Gasteiger charge is 2.17. The molecule has 108 valence electrons. The second kappa shape index (κ2) is 7.64. The molecule has 0 unspecified atom stereocenters. The van der Waals surface area contributed by atoms with E-state index in [1.165, 1.54) is 0 Å². The van der Waals surface area contributed by atoms with Gasteiger partial charge in [0.2, 0.25) is 5.91 Å². The Morgan fingerprint density at radius 1 is 1.35 bits per heavy atom. The van der Waals surface area contributed by atoms with Gasteiger partial charge in [0.15, 0.2) is 0 Å². The Bertz CT molecular complexity index is 519. The van der Waals surface area contributed by atoms with Gasteiger partial charge in [-0.2, -0.15) is 0 Å². The molecule has 20 heavy (non-hydrogen) atoms. The summed E-state index contributed by atoms with van der Waals surface area (Å²) in [6.45, 7) is 1.38. The lowest BCUT2D eigenvalue weighted by Gasteiger charge is -2.12. The summed E-state index contributed by atoms with van der Waals surface area (Å²) >= 11 is 3.24. The SMILES string of the molecule is CC[C@H](NC(=O)CNC(=O)c1cccc(Br)c1)C(=O)O. The molecule has 1 aromatic rings. The van der Waals surface area contributed by atoms with Gasteiger partial charge in [-0.15, -0.1) is 0 Å². The van der Waals surface area contributed by atoms with Crippen LogP contribution in [-0.2, 0) is 9.59 Å². The zero-order chi connectivity index (χ0) is 15.1. The smallest absolute Gasteiger partial charge is 0.326 e. The van der Waals surface area contributed by atoms with E-state index in [2.05, 4.69) is 26.6 Å². The summed E-state index contributed by atoms with van der Waals surface area (Å²) in [7, 11) is 0. The summed E-state index contributed by atoms with van der Waals surface area (Å²) in [4.78, 5) is 34.0. The van der Waals surface area contributed by atoms with E-state index in [4.69, 9.17) is 5.11 Å². The molecular formula is C13H15BrN2O4. The maximum absolute atomic E-state index is 11.8. The minimum absolute atomic E-state index is 0.269. The average molecular weight is 343 g/mol. The summed E-state index contributed by atoms with van der Waals surface area (Å²) in [5.41, 5.74) is 0.414. The highest BCUT2D eigenvalue weighted by Crippen LogP contribution is 2.11. The van der Waals surface area contributed by atoms with Gasteiger partial charge in [0, 0.05) is 10.0 Å². The summed E-state index contributed by atoms with van der Waals surface area (Å²) in [5.74, 6) is -2.04. The van der Waals surface area contributed by atoms with Crippen LogP contribution in [-0.4, -0.2) is 35.5 Å². The molecular weight excluding hydrogens is 328 g/mol. The molecule has 7 heteroatoms. The zero-order valence-electron chi connectivity index (χ0n) is 10.9. The van der Waals surface area contributed by atoms with Gasteiger partial charge in [-0.05, 0) is 24.6 Å². The van der Waals surface area contributed by atoms with Gasteiger partial charge in [0.05, 0.1) is 6.54 Å². The van der Waals surface area contributed by atoms with Gasteiger partial charge in [0.25, 0.3) is 5.91 Å². The van der Waals surface area contributed by atoms with Gasteiger partial charge in [0.1, 0.15) is 6.04 Å². The van der Waals surface area contributed by atoms with Crippen molar-refractivity contribution < 1.29 is 19.5 Å². The predicted octanol–water partition coefficient (Wildman–Crippen LogP) is 1.16. The molecule has 0 aromatic heterocycles. The third-order valence-electron chi connectivity index (χ3n) is 2.54. The fraction of sp³-hybridized carbons (Fsp3) is 0.308. The molecule has 0 aliphatic heterocycles. The number of carboxylic acid groups (broad SMARTS) is 1. The molecule has 0 spiro atoms. The number of carbonyl (C=O) groups excluding carboxylic acids is 2. The molecule has 0 radical (unpaired) electrons. The van der Waals surface area contributed by atoms with E-state index < -0.39 is 23.8 Å². The van der Waals surface area contributed by atoms with Crippen LogP contribution < -0.4 is 10.6 Å². The first kappa shape index (κ1) is 16.2. The van der Waals surface area contributed by atoms with Crippen LogP contribution in [0.2, 0.25) is 0 Å². The monoisotopic (exact) mass is 342 g/mol. The zero-order valence-corrected chi connectivity index (χ0v) is 12.4. The second-order valence-corrected chi connectivity index (χ2v) is 4.98. The summed E-state index contributed by atoms with van der Waals surface area (Å²) in [6, 6.07) is 5.78. The lowest BCUT2D eigenvalue weighted by atomic mass is 10.2. The second-order valence-electron chi connectivity index (χ2n) is 4.06. The first-order valence-electron chi connectivity index (χ1n) is 6.00. The molecule has 6 nitrogen and oxygen atoms in total. The number of carboxylic acids is 1. The van der Waals surface area contributed by atoms with Gasteiger partial charge >= 0.3 is 5.97 Å². The Kier molecular flexibility index (Phi) is 6.17. The van der Waals surface area contributed by atoms with Crippen molar-refractivity contribution in [2.45, 2.75) is 19.4 Å². The fourth-order valence-electron chi connectivity index (χ4n) is 1.48. The van der Waals surface area contributed by atoms with E-state index in [9.17, 15) is 14.4 Å². The van der Waals surface area contributed by atoms with Crippen molar-refractivity contribution in [1.82, 2.24) is 10.6 Å². The quantitative estimate of drug-likeness (QED) is 0.722. The van der Waals surface area contributed by atoms with E-state index >= 15 is 0 Å². The molecule has 0 aliphatic rings. The number of hydrogen-bond acceptors (Lipinski definition) is 3.